The third kappa shape index (κ3) is 8.72. The molecule has 1 aliphatic heterocycles. The summed E-state index contributed by atoms with van der Waals surface area (Å²) in [7, 11) is 1.53. The number of hydrogen-bond donors (Lipinski definition) is 2. The number of carboxylic acid groups (broad SMARTS) is 1. The van der Waals surface area contributed by atoms with Gasteiger partial charge >= 0.3 is 17.9 Å². The van der Waals surface area contributed by atoms with E-state index >= 15 is 0 Å². The van der Waals surface area contributed by atoms with Crippen molar-refractivity contribution in [3.63, 3.8) is 0 Å². The third-order valence-electron chi connectivity index (χ3n) is 8.35. The summed E-state index contributed by atoms with van der Waals surface area (Å²) < 4.78 is 23.2. The van der Waals surface area contributed by atoms with Crippen molar-refractivity contribution in [2.75, 3.05) is 32.1 Å². The number of rotatable bonds is 13. The minimum atomic E-state index is -0.864. The van der Waals surface area contributed by atoms with E-state index in [1.807, 2.05) is 65.6 Å². The molecule has 0 radical (unpaired) electrons. The molecule has 2 heterocycles. The van der Waals surface area contributed by atoms with Crippen LogP contribution in [0, 0.1) is 0 Å². The lowest BCUT2D eigenvalue weighted by atomic mass is 10.1. The van der Waals surface area contributed by atoms with Crippen molar-refractivity contribution in [3.8, 4) is 11.5 Å². The van der Waals surface area contributed by atoms with Gasteiger partial charge in [-0.3, -0.25) is 9.69 Å². The summed E-state index contributed by atoms with van der Waals surface area (Å²) in [6, 6.07) is 24.9. The first kappa shape index (κ1) is 35.1. The van der Waals surface area contributed by atoms with E-state index in [2.05, 4.69) is 15.3 Å². The summed E-state index contributed by atoms with van der Waals surface area (Å²) in [6.45, 7) is 1.15. The van der Waals surface area contributed by atoms with E-state index in [9.17, 15) is 14.4 Å². The number of anilines is 2. The molecule has 51 heavy (non-hydrogen) atoms. The number of halogens is 1. The summed E-state index contributed by atoms with van der Waals surface area (Å²) in [4.78, 5) is 48.8. The van der Waals surface area contributed by atoms with Crippen LogP contribution in [0.1, 0.15) is 44.7 Å². The topological polar surface area (TPSA) is 149 Å². The van der Waals surface area contributed by atoms with E-state index in [-0.39, 0.29) is 47.7 Å². The summed E-state index contributed by atoms with van der Waals surface area (Å²) in [6.07, 6.45) is 2.48. The molecule has 0 unspecified atom stereocenters. The molecule has 6 rings (SSSR count). The number of aromatic nitrogens is 2. The molecule has 5 aromatic rings. The monoisotopic (exact) mass is 710 g/mol. The van der Waals surface area contributed by atoms with Crippen molar-refractivity contribution in [2.45, 2.75) is 32.2 Å². The van der Waals surface area contributed by atoms with Gasteiger partial charge in [0.1, 0.15) is 37.0 Å². The van der Waals surface area contributed by atoms with E-state index in [1.165, 1.54) is 19.5 Å². The molecule has 13 heteroatoms. The Hall–Kier alpha value is -5.72. The SMILES string of the molecule is COc1cc2ncnc(Nc3ccc(C(=O)OCc4ccccc4)c(Cl)c3C(=O)OCc3ccccc3)c2cc1OC1CCN(CC(=O)O)CC1. The molecule has 4 aromatic carbocycles. The van der Waals surface area contributed by atoms with Gasteiger partial charge in [0.2, 0.25) is 0 Å². The fourth-order valence-corrected chi connectivity index (χ4v) is 6.05. The molecule has 1 aliphatic rings. The van der Waals surface area contributed by atoms with Gasteiger partial charge in [0.25, 0.3) is 0 Å². The predicted octanol–water partition coefficient (Wildman–Crippen LogP) is 6.68. The lowest BCUT2D eigenvalue weighted by Gasteiger charge is -2.31. The zero-order valence-electron chi connectivity index (χ0n) is 27.7. The van der Waals surface area contributed by atoms with Gasteiger partial charge in [0.15, 0.2) is 11.5 Å². The fourth-order valence-electron chi connectivity index (χ4n) is 5.73. The maximum Gasteiger partial charge on any atom is 0.342 e. The number of ether oxygens (including phenoxy) is 4. The predicted molar refractivity (Wildman–Crippen MR) is 190 cm³/mol. The molecular formula is C38H35ClN4O8. The number of nitrogens with one attached hydrogen (secondary N) is 1. The Kier molecular flexibility index (Phi) is 11.2. The average molecular weight is 711 g/mol. The summed E-state index contributed by atoms with van der Waals surface area (Å²) in [5.74, 6) is -1.08. The molecule has 0 atom stereocenters. The van der Waals surface area contributed by atoms with Gasteiger partial charge < -0.3 is 29.4 Å². The van der Waals surface area contributed by atoms with Crippen molar-refractivity contribution in [3.05, 3.63) is 119 Å². The number of likely N-dealkylation sites (tertiary alicyclic amines) is 1. The maximum atomic E-state index is 13.7. The smallest absolute Gasteiger partial charge is 0.342 e. The first-order valence-corrected chi connectivity index (χ1v) is 16.6. The lowest BCUT2D eigenvalue weighted by Crippen LogP contribution is -2.40. The number of piperidine rings is 1. The molecule has 1 aromatic heterocycles. The molecule has 2 N–H and O–H groups in total. The van der Waals surface area contributed by atoms with Crippen molar-refractivity contribution >= 4 is 51.9 Å². The van der Waals surface area contributed by atoms with E-state index in [0.29, 0.717) is 54.2 Å². The van der Waals surface area contributed by atoms with Gasteiger partial charge in [-0.25, -0.2) is 19.6 Å². The Labute approximate surface area is 298 Å². The van der Waals surface area contributed by atoms with Crippen LogP contribution in [0.15, 0.2) is 91.3 Å². The van der Waals surface area contributed by atoms with Crippen molar-refractivity contribution in [2.24, 2.45) is 0 Å². The minimum Gasteiger partial charge on any atom is -0.493 e. The van der Waals surface area contributed by atoms with Crippen LogP contribution in [0.5, 0.6) is 11.5 Å². The number of carbonyl (C=O) groups excluding carboxylic acids is 2. The van der Waals surface area contributed by atoms with Crippen LogP contribution in [-0.2, 0) is 27.5 Å². The summed E-state index contributed by atoms with van der Waals surface area (Å²) in [5.41, 5.74) is 2.25. The second-order valence-electron chi connectivity index (χ2n) is 11.8. The second kappa shape index (κ2) is 16.3. The Balaban J connectivity index is 1.30. The number of carbonyl (C=O) groups is 3. The lowest BCUT2D eigenvalue weighted by molar-refractivity contribution is -0.138. The number of esters is 2. The molecule has 0 amide bonds. The van der Waals surface area contributed by atoms with Gasteiger partial charge in [-0.15, -0.1) is 0 Å². The average Bonchev–Trinajstić information content (AvgIpc) is 3.14. The second-order valence-corrected chi connectivity index (χ2v) is 12.2. The molecule has 0 spiro atoms. The van der Waals surface area contributed by atoms with Crippen LogP contribution in [0.3, 0.4) is 0 Å². The Bertz CT molecular complexity index is 2020. The number of nitrogens with zero attached hydrogens (tertiary/aromatic N) is 3. The standard InChI is InChI=1S/C38H35ClN4O8/c1-48-31-19-30-28(18-32(31)51-26-14-16-43(17-15-26)20-33(44)45)36(41-23-40-30)42-29-13-12-27(37(46)49-21-24-8-4-2-5-9-24)35(39)34(29)38(47)50-22-25-10-6-3-7-11-25/h2-13,18-19,23,26H,14-17,20-22H2,1H3,(H,44,45)(H,40,41,42). The fraction of sp³-hybridized carbons (Fsp3) is 0.237. The van der Waals surface area contributed by atoms with Crippen LogP contribution >= 0.6 is 11.6 Å². The van der Waals surface area contributed by atoms with Crippen LogP contribution in [0.2, 0.25) is 5.02 Å². The van der Waals surface area contributed by atoms with Gasteiger partial charge in [-0.05, 0) is 42.2 Å². The van der Waals surface area contributed by atoms with Crippen molar-refractivity contribution in [1.82, 2.24) is 14.9 Å². The minimum absolute atomic E-state index is 0.00724. The molecule has 0 bridgehead atoms. The maximum absolute atomic E-state index is 13.7. The number of fused-ring (bicyclic) bond motifs is 1. The number of carboxylic acids is 1. The highest BCUT2D eigenvalue weighted by atomic mass is 35.5. The highest BCUT2D eigenvalue weighted by Crippen LogP contribution is 2.38. The molecule has 0 saturated carbocycles. The number of benzene rings is 4. The molecule has 0 aliphatic carbocycles. The van der Waals surface area contributed by atoms with Gasteiger partial charge in [-0.2, -0.15) is 0 Å². The quantitative estimate of drug-likeness (QED) is 0.126. The number of methoxy groups -OCH3 is 1. The van der Waals surface area contributed by atoms with E-state index in [4.69, 9.17) is 35.7 Å². The Morgan fingerprint density at radius 2 is 1.51 bits per heavy atom. The van der Waals surface area contributed by atoms with Gasteiger partial charge in [0.05, 0.1) is 35.4 Å². The van der Waals surface area contributed by atoms with Crippen LogP contribution in [-0.4, -0.2) is 70.7 Å². The van der Waals surface area contributed by atoms with Crippen LogP contribution < -0.4 is 14.8 Å². The van der Waals surface area contributed by atoms with Gasteiger partial charge in [0, 0.05) is 24.5 Å². The first-order chi connectivity index (χ1) is 24.8. The highest BCUT2D eigenvalue weighted by Gasteiger charge is 2.26. The molecule has 12 nitrogen and oxygen atoms in total. The first-order valence-electron chi connectivity index (χ1n) is 16.2. The van der Waals surface area contributed by atoms with Crippen LogP contribution in [0.25, 0.3) is 10.9 Å². The zero-order chi connectivity index (χ0) is 35.7. The molecule has 1 saturated heterocycles. The normalized spacial score (nSPS) is 13.4. The van der Waals surface area contributed by atoms with Crippen molar-refractivity contribution in [1.29, 1.82) is 0 Å². The summed E-state index contributed by atoms with van der Waals surface area (Å²) >= 11 is 6.82. The zero-order valence-corrected chi connectivity index (χ0v) is 28.5. The summed E-state index contributed by atoms with van der Waals surface area (Å²) in [5, 5.41) is 12.8. The Morgan fingerprint density at radius 1 is 0.863 bits per heavy atom. The van der Waals surface area contributed by atoms with E-state index < -0.39 is 17.9 Å². The number of aliphatic carboxylic acids is 1. The van der Waals surface area contributed by atoms with E-state index in [1.54, 1.807) is 18.2 Å². The third-order valence-corrected chi connectivity index (χ3v) is 8.75. The van der Waals surface area contributed by atoms with Gasteiger partial charge in [-0.1, -0.05) is 72.3 Å². The van der Waals surface area contributed by atoms with Crippen molar-refractivity contribution < 1.29 is 38.4 Å². The molecular weight excluding hydrogens is 676 g/mol. The molecule has 1 fully saturated rings. The van der Waals surface area contributed by atoms with Crippen LogP contribution in [0.4, 0.5) is 11.5 Å². The number of hydrogen-bond acceptors (Lipinski definition) is 11. The highest BCUT2D eigenvalue weighted by molar-refractivity contribution is 6.37. The largest absolute Gasteiger partial charge is 0.493 e. The van der Waals surface area contributed by atoms with E-state index in [0.717, 1.165) is 11.1 Å². The molecule has 262 valence electrons. The Morgan fingerprint density at radius 3 is 2.14 bits per heavy atom.